The molecule has 2 aromatic carbocycles. The number of carbonyl (C=O) groups is 2. The van der Waals surface area contributed by atoms with Crippen molar-refractivity contribution < 1.29 is 14.3 Å². The molecule has 2 rings (SSSR count). The molecule has 3 amide bonds. The maximum atomic E-state index is 12.1. The van der Waals surface area contributed by atoms with Gasteiger partial charge in [0.1, 0.15) is 0 Å². The number of aryl methyl sites for hydroxylation is 1. The van der Waals surface area contributed by atoms with Gasteiger partial charge in [-0.2, -0.15) is 0 Å². The number of rotatable bonds is 4. The molecule has 0 saturated carbocycles. The molecule has 0 saturated heterocycles. The first-order chi connectivity index (χ1) is 11.5. The van der Waals surface area contributed by atoms with Gasteiger partial charge in [0, 0.05) is 11.4 Å². The standard InChI is InChI=1S/C18H21N3O3/c1-12-4-6-14(7-5-12)13(2)19-17(22)20-15-8-10-16(11-9-15)21-18(23)24-3/h4-11,13H,1-3H3,(H,21,23)(H2,19,20,22). The van der Waals surface area contributed by atoms with Gasteiger partial charge in [0.25, 0.3) is 0 Å². The van der Waals surface area contributed by atoms with E-state index in [2.05, 4.69) is 20.7 Å². The van der Waals surface area contributed by atoms with Crippen molar-refractivity contribution in [1.82, 2.24) is 5.32 Å². The van der Waals surface area contributed by atoms with Gasteiger partial charge < -0.3 is 15.4 Å². The summed E-state index contributed by atoms with van der Waals surface area (Å²) in [5.74, 6) is 0. The Kier molecular flexibility index (Phi) is 5.78. The summed E-state index contributed by atoms with van der Waals surface area (Å²) in [7, 11) is 1.30. The molecule has 1 atom stereocenters. The smallest absolute Gasteiger partial charge is 0.411 e. The Morgan fingerprint density at radius 3 is 2.00 bits per heavy atom. The van der Waals surface area contributed by atoms with Gasteiger partial charge in [0.05, 0.1) is 13.2 Å². The van der Waals surface area contributed by atoms with E-state index in [9.17, 15) is 9.59 Å². The van der Waals surface area contributed by atoms with Crippen molar-refractivity contribution in [3.63, 3.8) is 0 Å². The molecule has 0 radical (unpaired) electrons. The van der Waals surface area contributed by atoms with Crippen LogP contribution < -0.4 is 16.0 Å². The van der Waals surface area contributed by atoms with Crippen LogP contribution in [-0.2, 0) is 4.74 Å². The fraction of sp³-hybridized carbons (Fsp3) is 0.222. The quantitative estimate of drug-likeness (QED) is 0.792. The van der Waals surface area contributed by atoms with Gasteiger partial charge in [-0.25, -0.2) is 9.59 Å². The second-order valence-corrected chi connectivity index (χ2v) is 5.42. The SMILES string of the molecule is COC(=O)Nc1ccc(NC(=O)NC(C)c2ccc(C)cc2)cc1. The number of anilines is 2. The van der Waals surface area contributed by atoms with Crippen molar-refractivity contribution in [2.75, 3.05) is 17.7 Å². The lowest BCUT2D eigenvalue weighted by Crippen LogP contribution is -2.31. The highest BCUT2D eigenvalue weighted by molar-refractivity contribution is 5.90. The monoisotopic (exact) mass is 327 g/mol. The van der Waals surface area contributed by atoms with E-state index in [0.717, 1.165) is 5.56 Å². The molecule has 0 fully saturated rings. The molecule has 1 unspecified atom stereocenters. The normalized spacial score (nSPS) is 11.3. The van der Waals surface area contributed by atoms with Crippen molar-refractivity contribution in [2.24, 2.45) is 0 Å². The number of hydrogen-bond acceptors (Lipinski definition) is 3. The maximum Gasteiger partial charge on any atom is 0.411 e. The average molecular weight is 327 g/mol. The lowest BCUT2D eigenvalue weighted by atomic mass is 10.1. The highest BCUT2D eigenvalue weighted by Crippen LogP contribution is 2.15. The minimum absolute atomic E-state index is 0.106. The number of nitrogens with one attached hydrogen (secondary N) is 3. The van der Waals surface area contributed by atoms with Gasteiger partial charge in [-0.15, -0.1) is 0 Å². The molecule has 0 heterocycles. The molecule has 3 N–H and O–H groups in total. The zero-order valence-electron chi connectivity index (χ0n) is 13.9. The summed E-state index contributed by atoms with van der Waals surface area (Å²) >= 11 is 0. The van der Waals surface area contributed by atoms with Gasteiger partial charge in [-0.3, -0.25) is 5.32 Å². The Morgan fingerprint density at radius 2 is 1.46 bits per heavy atom. The largest absolute Gasteiger partial charge is 0.453 e. The van der Waals surface area contributed by atoms with Crippen molar-refractivity contribution >= 4 is 23.5 Å². The van der Waals surface area contributed by atoms with Crippen LogP contribution >= 0.6 is 0 Å². The first kappa shape index (κ1) is 17.3. The van der Waals surface area contributed by atoms with Crippen LogP contribution in [-0.4, -0.2) is 19.2 Å². The molecule has 24 heavy (non-hydrogen) atoms. The molecule has 126 valence electrons. The Bertz CT molecular complexity index is 696. The third-order valence-corrected chi connectivity index (χ3v) is 3.50. The van der Waals surface area contributed by atoms with Crippen molar-refractivity contribution in [1.29, 1.82) is 0 Å². The molecule has 0 aliphatic carbocycles. The Labute approximate surface area is 141 Å². The van der Waals surface area contributed by atoms with Crippen LogP contribution in [0, 0.1) is 6.92 Å². The van der Waals surface area contributed by atoms with Crippen LogP contribution in [0.3, 0.4) is 0 Å². The van der Waals surface area contributed by atoms with Crippen LogP contribution in [0.4, 0.5) is 21.0 Å². The average Bonchev–Trinajstić information content (AvgIpc) is 2.57. The summed E-state index contributed by atoms with van der Waals surface area (Å²) in [5.41, 5.74) is 3.42. The molecule has 0 aromatic heterocycles. The van der Waals surface area contributed by atoms with Gasteiger partial charge in [-0.05, 0) is 43.7 Å². The minimum atomic E-state index is -0.541. The number of hydrogen-bond donors (Lipinski definition) is 3. The Balaban J connectivity index is 1.89. The molecule has 2 aromatic rings. The first-order valence-electron chi connectivity index (χ1n) is 7.57. The van der Waals surface area contributed by atoms with Gasteiger partial charge >= 0.3 is 12.1 Å². The maximum absolute atomic E-state index is 12.1. The van der Waals surface area contributed by atoms with Crippen LogP contribution in [0.2, 0.25) is 0 Å². The van der Waals surface area contributed by atoms with E-state index in [1.165, 1.54) is 12.7 Å². The highest BCUT2D eigenvalue weighted by Gasteiger charge is 2.09. The highest BCUT2D eigenvalue weighted by atomic mass is 16.5. The Morgan fingerprint density at radius 1 is 0.917 bits per heavy atom. The van der Waals surface area contributed by atoms with E-state index in [1.54, 1.807) is 24.3 Å². The zero-order chi connectivity index (χ0) is 17.5. The second kappa shape index (κ2) is 8.01. The summed E-state index contributed by atoms with van der Waals surface area (Å²) in [4.78, 5) is 23.2. The second-order valence-electron chi connectivity index (χ2n) is 5.42. The van der Waals surface area contributed by atoms with Crippen LogP contribution in [0.1, 0.15) is 24.1 Å². The summed E-state index contributed by atoms with van der Waals surface area (Å²) in [5, 5.41) is 8.18. The van der Waals surface area contributed by atoms with Gasteiger partial charge in [0.15, 0.2) is 0 Å². The molecule has 0 aliphatic heterocycles. The molecule has 0 spiro atoms. The predicted octanol–water partition coefficient (Wildman–Crippen LogP) is 4.06. The molecule has 0 bridgehead atoms. The predicted molar refractivity (Wildman–Crippen MR) is 94.2 cm³/mol. The molecule has 0 aliphatic rings. The first-order valence-corrected chi connectivity index (χ1v) is 7.57. The molecular weight excluding hydrogens is 306 g/mol. The van der Waals surface area contributed by atoms with Crippen LogP contribution in [0.5, 0.6) is 0 Å². The molecule has 6 heteroatoms. The lowest BCUT2D eigenvalue weighted by molar-refractivity contribution is 0.187. The van der Waals surface area contributed by atoms with E-state index in [4.69, 9.17) is 0 Å². The number of benzene rings is 2. The van der Waals surface area contributed by atoms with Crippen molar-refractivity contribution in [3.05, 3.63) is 59.7 Å². The summed E-state index contributed by atoms with van der Waals surface area (Å²) in [6.45, 7) is 3.95. The third kappa shape index (κ3) is 5.01. The summed E-state index contributed by atoms with van der Waals surface area (Å²) < 4.78 is 4.51. The Hall–Kier alpha value is -3.02. The summed E-state index contributed by atoms with van der Waals surface area (Å²) in [6, 6.07) is 14.4. The fourth-order valence-electron chi connectivity index (χ4n) is 2.11. The van der Waals surface area contributed by atoms with E-state index < -0.39 is 6.09 Å². The summed E-state index contributed by atoms with van der Waals surface area (Å²) in [6.07, 6.45) is -0.541. The number of methoxy groups -OCH3 is 1. The lowest BCUT2D eigenvalue weighted by Gasteiger charge is -2.15. The van der Waals surface area contributed by atoms with Crippen LogP contribution in [0.25, 0.3) is 0 Å². The fourth-order valence-corrected chi connectivity index (χ4v) is 2.11. The van der Waals surface area contributed by atoms with Gasteiger partial charge in [-0.1, -0.05) is 29.8 Å². The molecular formula is C18H21N3O3. The van der Waals surface area contributed by atoms with Gasteiger partial charge in [0.2, 0.25) is 0 Å². The van der Waals surface area contributed by atoms with E-state index in [-0.39, 0.29) is 12.1 Å². The number of carbonyl (C=O) groups excluding carboxylic acids is 2. The third-order valence-electron chi connectivity index (χ3n) is 3.50. The van der Waals surface area contributed by atoms with E-state index >= 15 is 0 Å². The molecule has 6 nitrogen and oxygen atoms in total. The number of urea groups is 1. The zero-order valence-corrected chi connectivity index (χ0v) is 13.9. The number of amides is 3. The van der Waals surface area contributed by atoms with Crippen molar-refractivity contribution in [2.45, 2.75) is 19.9 Å². The topological polar surface area (TPSA) is 79.5 Å². The van der Waals surface area contributed by atoms with Crippen LogP contribution in [0.15, 0.2) is 48.5 Å². The number of ether oxygens (including phenoxy) is 1. The van der Waals surface area contributed by atoms with E-state index in [1.807, 2.05) is 38.1 Å². The van der Waals surface area contributed by atoms with E-state index in [0.29, 0.717) is 11.4 Å². The van der Waals surface area contributed by atoms with Crippen molar-refractivity contribution in [3.8, 4) is 0 Å². The minimum Gasteiger partial charge on any atom is -0.453 e.